The Balaban J connectivity index is 1.45. The van der Waals surface area contributed by atoms with Gasteiger partial charge in [-0.25, -0.2) is 9.78 Å². The molecule has 168 valence electrons. The summed E-state index contributed by atoms with van der Waals surface area (Å²) < 4.78 is 7.17. The molecule has 0 aliphatic carbocycles. The molecule has 0 spiro atoms. The van der Waals surface area contributed by atoms with Gasteiger partial charge in [-0.3, -0.25) is 24.1 Å². The Bertz CT molecular complexity index is 1400. The lowest BCUT2D eigenvalue weighted by Crippen LogP contribution is -2.31. The van der Waals surface area contributed by atoms with Crippen LogP contribution in [0.3, 0.4) is 0 Å². The number of H-pyrrole nitrogens is 1. The molecule has 0 saturated carbocycles. The number of aromatic amines is 1. The molecule has 0 radical (unpaired) electrons. The Labute approximate surface area is 189 Å². The Morgan fingerprint density at radius 1 is 1.12 bits per heavy atom. The summed E-state index contributed by atoms with van der Waals surface area (Å²) in [5, 5.41) is 3.02. The maximum Gasteiger partial charge on any atom is 0.329 e. The van der Waals surface area contributed by atoms with Gasteiger partial charge in [0.05, 0.1) is 16.6 Å². The van der Waals surface area contributed by atoms with Gasteiger partial charge < -0.3 is 10.1 Å². The average molecular weight is 445 g/mol. The van der Waals surface area contributed by atoms with Crippen LogP contribution in [-0.4, -0.2) is 25.4 Å². The predicted molar refractivity (Wildman–Crippen MR) is 123 cm³/mol. The Morgan fingerprint density at radius 2 is 2.00 bits per heavy atom. The molecule has 0 atom stereocenters. The first kappa shape index (κ1) is 21.9. The van der Waals surface area contributed by atoms with Gasteiger partial charge in [0.15, 0.2) is 0 Å². The molecule has 0 aliphatic rings. The number of nitrogens with zero attached hydrogens (tertiary/aromatic N) is 3. The molecule has 0 bridgehead atoms. The summed E-state index contributed by atoms with van der Waals surface area (Å²) >= 11 is 0. The summed E-state index contributed by atoms with van der Waals surface area (Å²) in [6.45, 7) is 2.95. The van der Waals surface area contributed by atoms with Gasteiger partial charge in [0.25, 0.3) is 11.5 Å². The lowest BCUT2D eigenvalue weighted by Gasteiger charge is -2.10. The molecule has 0 fully saturated rings. The molecule has 4 rings (SSSR count). The van der Waals surface area contributed by atoms with Crippen molar-refractivity contribution in [1.29, 1.82) is 0 Å². The van der Waals surface area contributed by atoms with Crippen LogP contribution in [0.2, 0.25) is 0 Å². The second kappa shape index (κ2) is 9.90. The Kier molecular flexibility index (Phi) is 6.58. The van der Waals surface area contributed by atoms with Gasteiger partial charge in [0, 0.05) is 25.5 Å². The fourth-order valence-corrected chi connectivity index (χ4v) is 3.39. The first-order valence-electron chi connectivity index (χ1n) is 10.6. The number of nitrogens with one attached hydrogen (secondary N) is 2. The molecule has 0 aliphatic heterocycles. The number of benzene rings is 1. The van der Waals surface area contributed by atoms with Gasteiger partial charge in [0.1, 0.15) is 18.0 Å². The number of ether oxygens (including phenoxy) is 1. The number of hydrogen-bond acceptors (Lipinski definition) is 6. The number of hydrogen-bond donors (Lipinski definition) is 2. The maximum absolute atomic E-state index is 12.7. The number of rotatable bonds is 8. The largest absolute Gasteiger partial charge is 0.487 e. The first-order chi connectivity index (χ1) is 16.0. The van der Waals surface area contributed by atoms with Crippen LogP contribution in [0.25, 0.3) is 11.0 Å². The fourth-order valence-electron chi connectivity index (χ4n) is 3.39. The van der Waals surface area contributed by atoms with Crippen LogP contribution in [-0.2, 0) is 19.7 Å². The van der Waals surface area contributed by atoms with E-state index < -0.39 is 11.2 Å². The number of fused-ring (bicyclic) bond motifs is 1. The van der Waals surface area contributed by atoms with Crippen molar-refractivity contribution in [2.45, 2.75) is 33.0 Å². The summed E-state index contributed by atoms with van der Waals surface area (Å²) in [7, 11) is 0. The van der Waals surface area contributed by atoms with Crippen LogP contribution in [0, 0.1) is 0 Å². The topological polar surface area (TPSA) is 119 Å². The van der Waals surface area contributed by atoms with Crippen molar-refractivity contribution in [3.63, 3.8) is 0 Å². The van der Waals surface area contributed by atoms with Crippen LogP contribution in [0.1, 0.15) is 35.0 Å². The van der Waals surface area contributed by atoms with Gasteiger partial charge in [-0.05, 0) is 42.3 Å². The summed E-state index contributed by atoms with van der Waals surface area (Å²) in [5.74, 6) is 0.289. The first-order valence-corrected chi connectivity index (χ1v) is 10.6. The van der Waals surface area contributed by atoms with Crippen molar-refractivity contribution in [2.24, 2.45) is 0 Å². The zero-order chi connectivity index (χ0) is 23.2. The molecule has 33 heavy (non-hydrogen) atoms. The van der Waals surface area contributed by atoms with E-state index in [-0.39, 0.29) is 29.0 Å². The fraction of sp³-hybridized carbons (Fsp3) is 0.208. The molecule has 2 N–H and O–H groups in total. The van der Waals surface area contributed by atoms with E-state index in [0.29, 0.717) is 25.3 Å². The van der Waals surface area contributed by atoms with Crippen molar-refractivity contribution in [1.82, 2.24) is 24.8 Å². The molecule has 9 heteroatoms. The molecule has 0 unspecified atom stereocenters. The standard InChI is InChI=1S/C24H23N5O4/c1-2-10-29-21-20(23(31)28-24(29)32)12-17(14-26-21)22(30)27-13-16-6-5-8-19(11-16)33-15-18-7-3-4-9-25-18/h3-9,11-12,14H,2,10,13,15H2,1H3,(H,27,30)(H,28,31,32). The summed E-state index contributed by atoms with van der Waals surface area (Å²) in [6, 6.07) is 14.5. The summed E-state index contributed by atoms with van der Waals surface area (Å²) in [6.07, 6.45) is 3.79. The molecule has 1 amide bonds. The van der Waals surface area contributed by atoms with E-state index in [1.165, 1.54) is 16.8 Å². The second-order valence-electron chi connectivity index (χ2n) is 7.45. The minimum absolute atomic E-state index is 0.195. The smallest absolute Gasteiger partial charge is 0.329 e. The normalized spacial score (nSPS) is 10.8. The molecule has 1 aromatic carbocycles. The lowest BCUT2D eigenvalue weighted by atomic mass is 10.2. The van der Waals surface area contributed by atoms with Crippen molar-refractivity contribution < 1.29 is 9.53 Å². The van der Waals surface area contributed by atoms with E-state index in [1.807, 2.05) is 49.4 Å². The van der Waals surface area contributed by atoms with E-state index in [2.05, 4.69) is 20.3 Å². The number of aromatic nitrogens is 4. The maximum atomic E-state index is 12.7. The van der Waals surface area contributed by atoms with Crippen molar-refractivity contribution in [3.8, 4) is 5.75 Å². The highest BCUT2D eigenvalue weighted by atomic mass is 16.5. The minimum Gasteiger partial charge on any atom is -0.487 e. The number of amides is 1. The van der Waals surface area contributed by atoms with Crippen LogP contribution < -0.4 is 21.3 Å². The van der Waals surface area contributed by atoms with Crippen molar-refractivity contribution in [3.05, 3.63) is 98.6 Å². The van der Waals surface area contributed by atoms with E-state index in [0.717, 1.165) is 11.3 Å². The van der Waals surface area contributed by atoms with Gasteiger partial charge >= 0.3 is 5.69 Å². The summed E-state index contributed by atoms with van der Waals surface area (Å²) in [4.78, 5) is 47.7. The second-order valence-corrected chi connectivity index (χ2v) is 7.45. The Morgan fingerprint density at radius 3 is 2.79 bits per heavy atom. The van der Waals surface area contributed by atoms with Crippen LogP contribution in [0.4, 0.5) is 0 Å². The monoisotopic (exact) mass is 445 g/mol. The van der Waals surface area contributed by atoms with Gasteiger partial charge in [-0.1, -0.05) is 25.1 Å². The number of aryl methyl sites for hydroxylation is 1. The van der Waals surface area contributed by atoms with Crippen molar-refractivity contribution in [2.75, 3.05) is 0 Å². The number of carbonyl (C=O) groups excluding carboxylic acids is 1. The van der Waals surface area contributed by atoms with Crippen LogP contribution >= 0.6 is 0 Å². The molecular formula is C24H23N5O4. The van der Waals surface area contributed by atoms with E-state index in [9.17, 15) is 14.4 Å². The van der Waals surface area contributed by atoms with Crippen LogP contribution in [0.15, 0.2) is 70.5 Å². The molecule has 3 aromatic heterocycles. The van der Waals surface area contributed by atoms with Crippen molar-refractivity contribution >= 4 is 16.9 Å². The predicted octanol–water partition coefficient (Wildman–Crippen LogP) is 2.40. The SMILES string of the molecule is CCCn1c(=O)[nH]c(=O)c2cc(C(=O)NCc3cccc(OCc4ccccn4)c3)cnc21. The number of carbonyl (C=O) groups is 1. The zero-order valence-electron chi connectivity index (χ0n) is 18.1. The lowest BCUT2D eigenvalue weighted by molar-refractivity contribution is 0.0950. The van der Waals surface area contributed by atoms with Gasteiger partial charge in [0.2, 0.25) is 0 Å². The Hall–Kier alpha value is -4.27. The summed E-state index contributed by atoms with van der Waals surface area (Å²) in [5.41, 5.74) is 1.09. The third kappa shape index (κ3) is 5.15. The highest BCUT2D eigenvalue weighted by molar-refractivity contribution is 5.96. The molecule has 4 aromatic rings. The number of pyridine rings is 2. The third-order valence-corrected chi connectivity index (χ3v) is 5.01. The van der Waals surface area contributed by atoms with Crippen LogP contribution in [0.5, 0.6) is 5.75 Å². The minimum atomic E-state index is -0.567. The van der Waals surface area contributed by atoms with Gasteiger partial charge in [-0.15, -0.1) is 0 Å². The van der Waals surface area contributed by atoms with E-state index in [4.69, 9.17) is 4.74 Å². The molecule has 0 saturated heterocycles. The highest BCUT2D eigenvalue weighted by Gasteiger charge is 2.13. The average Bonchev–Trinajstić information content (AvgIpc) is 2.84. The zero-order valence-corrected chi connectivity index (χ0v) is 18.1. The quantitative estimate of drug-likeness (QED) is 0.430. The molecule has 9 nitrogen and oxygen atoms in total. The molecule has 3 heterocycles. The van der Waals surface area contributed by atoms with Gasteiger partial charge in [-0.2, -0.15) is 0 Å². The third-order valence-electron chi connectivity index (χ3n) is 5.01. The highest BCUT2D eigenvalue weighted by Crippen LogP contribution is 2.15. The molecular weight excluding hydrogens is 422 g/mol. The van der Waals surface area contributed by atoms with E-state index in [1.54, 1.807) is 6.20 Å². The van der Waals surface area contributed by atoms with E-state index >= 15 is 0 Å².